The quantitative estimate of drug-likeness (QED) is 0.101. The fourth-order valence-electron chi connectivity index (χ4n) is 3.50. The maximum absolute atomic E-state index is 12.4. The van der Waals surface area contributed by atoms with E-state index in [2.05, 4.69) is 19.9 Å². The Morgan fingerprint density at radius 2 is 1.94 bits per heavy atom. The molecule has 0 amide bonds. The van der Waals surface area contributed by atoms with Gasteiger partial charge in [0.05, 0.1) is 22.2 Å². The predicted molar refractivity (Wildman–Crippen MR) is 136 cm³/mol. The summed E-state index contributed by atoms with van der Waals surface area (Å²) in [6, 6.07) is 19.1. The van der Waals surface area contributed by atoms with E-state index in [0.29, 0.717) is 10.5 Å². The van der Waals surface area contributed by atoms with E-state index < -0.39 is 12.6 Å². The van der Waals surface area contributed by atoms with Gasteiger partial charge >= 0.3 is 5.97 Å². The number of aliphatic hydroxyl groups excluding tert-OH is 1. The molecule has 0 aliphatic heterocycles. The number of carbonyl (C=O) groups excluding carboxylic acids is 1. The van der Waals surface area contributed by atoms with Crippen LogP contribution in [0, 0.1) is 11.3 Å². The number of nitriles is 1. The number of imidazole rings is 1. The lowest BCUT2D eigenvalue weighted by Gasteiger charge is -2.07. The summed E-state index contributed by atoms with van der Waals surface area (Å²) in [5, 5.41) is 23.5. The fourth-order valence-corrected chi connectivity index (χ4v) is 5.29. The highest BCUT2D eigenvalue weighted by atomic mass is 32.2. The van der Waals surface area contributed by atoms with E-state index >= 15 is 0 Å². The number of para-hydroxylation sites is 2. The lowest BCUT2D eigenvalue weighted by Crippen LogP contribution is -2.11. The van der Waals surface area contributed by atoms with Crippen LogP contribution in [0.15, 0.2) is 77.1 Å². The Bertz CT molecular complexity index is 1570. The Labute approximate surface area is 208 Å². The van der Waals surface area contributed by atoms with Gasteiger partial charge < -0.3 is 14.8 Å². The number of H-pyrrole nitrogens is 1. The topological polar surface area (TPSA) is 125 Å². The number of nitrogens with one attached hydrogen (secondary N) is 1. The molecule has 10 heteroatoms. The number of rotatable bonds is 7. The number of allylic oxidation sites excluding steroid dienone is 1. The minimum absolute atomic E-state index is 0.0179. The normalized spacial score (nSPS) is 11.9. The third kappa shape index (κ3) is 4.73. The number of esters is 1. The lowest BCUT2D eigenvalue weighted by molar-refractivity contribution is -0.140. The van der Waals surface area contributed by atoms with Crippen LogP contribution in [0.1, 0.15) is 5.82 Å². The zero-order valence-corrected chi connectivity index (χ0v) is 19.8. The van der Waals surface area contributed by atoms with Gasteiger partial charge in [0.15, 0.2) is 11.6 Å². The van der Waals surface area contributed by atoms with Crippen molar-refractivity contribution >= 4 is 55.9 Å². The molecule has 3 aromatic heterocycles. The molecule has 0 fully saturated rings. The summed E-state index contributed by atoms with van der Waals surface area (Å²) < 4.78 is 5.21. The van der Waals surface area contributed by atoms with Crippen molar-refractivity contribution in [3.05, 3.63) is 77.9 Å². The molecule has 0 saturated heterocycles. The molecule has 35 heavy (non-hydrogen) atoms. The Hall–Kier alpha value is -4.20. The van der Waals surface area contributed by atoms with Crippen LogP contribution in [0.5, 0.6) is 0 Å². The summed E-state index contributed by atoms with van der Waals surface area (Å²) >= 11 is 2.75. The molecule has 2 aromatic carbocycles. The van der Waals surface area contributed by atoms with Crippen LogP contribution in [0.4, 0.5) is 0 Å². The van der Waals surface area contributed by atoms with Crippen LogP contribution < -0.4 is 0 Å². The van der Waals surface area contributed by atoms with Gasteiger partial charge in [0.25, 0.3) is 0 Å². The zero-order valence-electron chi connectivity index (χ0n) is 18.1. The zero-order chi connectivity index (χ0) is 24.2. The first-order valence-electron chi connectivity index (χ1n) is 10.5. The van der Waals surface area contributed by atoms with E-state index in [0.717, 1.165) is 26.9 Å². The van der Waals surface area contributed by atoms with E-state index in [1.807, 2.05) is 60.0 Å². The summed E-state index contributed by atoms with van der Waals surface area (Å²) in [5.41, 5.74) is 3.37. The standard InChI is InChI=1S/C25H17N5O3S2/c26-10-16(23-29-18-8-4-5-9-19(18)30-23)20(31)11-33-21(32)13-35-25-22-17(15-6-2-1-3-7-15)12-34-24(22)27-14-28-25/h1-9,12,14,31H,11,13H2,(H,29,30). The molecular formula is C25H17N5O3S2. The SMILES string of the molecule is N#CC(=C(O)COC(=O)CSc1ncnc2scc(-c3ccccc3)c12)c1nc2ccccc2[nH]1. The Kier molecular flexibility index (Phi) is 6.43. The molecule has 0 aliphatic carbocycles. The smallest absolute Gasteiger partial charge is 0.316 e. The van der Waals surface area contributed by atoms with E-state index in [-0.39, 0.29) is 22.9 Å². The average Bonchev–Trinajstić information content (AvgIpc) is 3.52. The number of aliphatic hydroxyl groups is 1. The van der Waals surface area contributed by atoms with Crippen molar-refractivity contribution in [2.45, 2.75) is 5.03 Å². The molecule has 0 radical (unpaired) electrons. The largest absolute Gasteiger partial charge is 0.507 e. The van der Waals surface area contributed by atoms with Gasteiger partial charge in [0, 0.05) is 10.9 Å². The number of hydrogen-bond donors (Lipinski definition) is 2. The van der Waals surface area contributed by atoms with E-state index in [1.165, 1.54) is 29.4 Å². The number of hydrogen-bond acceptors (Lipinski definition) is 9. The number of aromatic nitrogens is 4. The van der Waals surface area contributed by atoms with Crippen molar-refractivity contribution < 1.29 is 14.6 Å². The van der Waals surface area contributed by atoms with Crippen molar-refractivity contribution in [3.63, 3.8) is 0 Å². The lowest BCUT2D eigenvalue weighted by atomic mass is 10.1. The second-order valence-electron chi connectivity index (χ2n) is 7.36. The Balaban J connectivity index is 1.28. The van der Waals surface area contributed by atoms with E-state index in [1.54, 1.807) is 6.07 Å². The third-order valence-electron chi connectivity index (χ3n) is 5.14. The van der Waals surface area contributed by atoms with Crippen molar-refractivity contribution in [2.24, 2.45) is 0 Å². The number of ether oxygens (including phenoxy) is 1. The highest BCUT2D eigenvalue weighted by Crippen LogP contribution is 2.37. The molecule has 8 nitrogen and oxygen atoms in total. The van der Waals surface area contributed by atoms with Gasteiger partial charge in [0.1, 0.15) is 34.4 Å². The first-order valence-corrected chi connectivity index (χ1v) is 12.3. The highest BCUT2D eigenvalue weighted by Gasteiger charge is 2.17. The molecule has 0 aliphatic rings. The maximum atomic E-state index is 12.4. The molecule has 3 heterocycles. The number of thioether (sulfide) groups is 1. The van der Waals surface area contributed by atoms with Gasteiger partial charge in [-0.1, -0.05) is 54.2 Å². The molecule has 5 aromatic rings. The number of fused-ring (bicyclic) bond motifs is 2. The van der Waals surface area contributed by atoms with Gasteiger partial charge in [-0.05, 0) is 17.7 Å². The fraction of sp³-hybridized carbons (Fsp3) is 0.0800. The summed E-state index contributed by atoms with van der Waals surface area (Å²) in [6.07, 6.45) is 1.47. The summed E-state index contributed by atoms with van der Waals surface area (Å²) in [5.74, 6) is -0.730. The van der Waals surface area contributed by atoms with Gasteiger partial charge in [-0.15, -0.1) is 11.3 Å². The summed E-state index contributed by atoms with van der Waals surface area (Å²) in [6.45, 7) is -0.438. The van der Waals surface area contributed by atoms with Crippen LogP contribution >= 0.6 is 23.1 Å². The number of benzene rings is 2. The number of aromatic amines is 1. The second-order valence-corrected chi connectivity index (χ2v) is 9.18. The van der Waals surface area contributed by atoms with Gasteiger partial charge in [-0.3, -0.25) is 4.79 Å². The van der Waals surface area contributed by atoms with Crippen LogP contribution in [0.2, 0.25) is 0 Å². The van der Waals surface area contributed by atoms with Crippen molar-refractivity contribution in [2.75, 3.05) is 12.4 Å². The first-order chi connectivity index (χ1) is 17.1. The van der Waals surface area contributed by atoms with Gasteiger partial charge in [0.2, 0.25) is 0 Å². The van der Waals surface area contributed by atoms with Crippen LogP contribution in [-0.4, -0.2) is 43.4 Å². The van der Waals surface area contributed by atoms with Crippen molar-refractivity contribution in [1.82, 2.24) is 19.9 Å². The van der Waals surface area contributed by atoms with E-state index in [9.17, 15) is 15.2 Å². The Morgan fingerprint density at radius 3 is 2.74 bits per heavy atom. The highest BCUT2D eigenvalue weighted by molar-refractivity contribution is 8.00. The molecular weight excluding hydrogens is 482 g/mol. The number of nitrogens with zero attached hydrogens (tertiary/aromatic N) is 4. The predicted octanol–water partition coefficient (Wildman–Crippen LogP) is 5.36. The molecule has 5 rings (SSSR count). The maximum Gasteiger partial charge on any atom is 0.316 e. The molecule has 0 saturated carbocycles. The van der Waals surface area contributed by atoms with Crippen molar-refractivity contribution in [3.8, 4) is 17.2 Å². The summed E-state index contributed by atoms with van der Waals surface area (Å²) in [7, 11) is 0. The van der Waals surface area contributed by atoms with E-state index in [4.69, 9.17) is 4.74 Å². The first kappa shape index (κ1) is 22.6. The molecule has 0 bridgehead atoms. The van der Waals surface area contributed by atoms with Gasteiger partial charge in [-0.25, -0.2) is 15.0 Å². The molecule has 2 N–H and O–H groups in total. The average molecular weight is 500 g/mol. The number of carbonyl (C=O) groups is 1. The van der Waals surface area contributed by atoms with Crippen LogP contribution in [0.3, 0.4) is 0 Å². The minimum Gasteiger partial charge on any atom is -0.507 e. The third-order valence-corrected chi connectivity index (χ3v) is 6.99. The molecule has 172 valence electrons. The second kappa shape index (κ2) is 9.97. The molecule has 0 atom stereocenters. The Morgan fingerprint density at radius 1 is 1.14 bits per heavy atom. The van der Waals surface area contributed by atoms with Gasteiger partial charge in [-0.2, -0.15) is 5.26 Å². The molecule has 0 unspecified atom stereocenters. The molecule has 0 spiro atoms. The van der Waals surface area contributed by atoms with Crippen LogP contribution in [0.25, 0.3) is 38.0 Å². The summed E-state index contributed by atoms with van der Waals surface area (Å²) in [4.78, 5) is 29.3. The van der Waals surface area contributed by atoms with Crippen molar-refractivity contribution in [1.29, 1.82) is 5.26 Å². The van der Waals surface area contributed by atoms with Crippen LogP contribution in [-0.2, 0) is 9.53 Å². The number of thiophene rings is 1. The minimum atomic E-state index is -0.549. The monoisotopic (exact) mass is 499 g/mol.